The van der Waals surface area contributed by atoms with Crippen LogP contribution < -0.4 is 5.32 Å². The van der Waals surface area contributed by atoms with Crippen LogP contribution in [0.1, 0.15) is 41.4 Å². The van der Waals surface area contributed by atoms with E-state index >= 15 is 0 Å². The molecule has 1 aromatic heterocycles. The highest BCUT2D eigenvalue weighted by Crippen LogP contribution is 2.24. The van der Waals surface area contributed by atoms with Crippen LogP contribution in [0.25, 0.3) is 5.69 Å². The van der Waals surface area contributed by atoms with Crippen molar-refractivity contribution in [1.82, 2.24) is 15.1 Å². The topological polar surface area (TPSA) is 46.9 Å². The fraction of sp³-hybridized carbons (Fsp3) is 0.273. The van der Waals surface area contributed by atoms with Gasteiger partial charge in [-0.2, -0.15) is 5.10 Å². The van der Waals surface area contributed by atoms with Crippen molar-refractivity contribution in [3.05, 3.63) is 83.4 Å². The van der Waals surface area contributed by atoms with Crippen LogP contribution in [0.5, 0.6) is 0 Å². The normalized spacial score (nSPS) is 12.2. The van der Waals surface area contributed by atoms with Crippen molar-refractivity contribution < 1.29 is 9.18 Å². The number of nitrogens with zero attached hydrogens (tertiary/aromatic N) is 2. The first-order valence-corrected chi connectivity index (χ1v) is 9.11. The number of aromatic nitrogens is 2. The van der Waals surface area contributed by atoms with Crippen molar-refractivity contribution in [3.63, 3.8) is 0 Å². The molecule has 1 atom stereocenters. The molecule has 0 bridgehead atoms. The smallest absolute Gasteiger partial charge is 0.254 e. The number of rotatable bonds is 6. The molecular weight excluding hydrogens is 341 g/mol. The molecule has 0 aliphatic heterocycles. The van der Waals surface area contributed by atoms with Gasteiger partial charge in [-0.1, -0.05) is 56.3 Å². The molecule has 1 heterocycles. The minimum Gasteiger partial charge on any atom is -0.351 e. The molecule has 27 heavy (non-hydrogen) atoms. The highest BCUT2D eigenvalue weighted by atomic mass is 19.1. The Kier molecular flexibility index (Phi) is 5.69. The number of carbonyl (C=O) groups is 1. The Hall–Kier alpha value is -2.95. The lowest BCUT2D eigenvalue weighted by Crippen LogP contribution is -2.30. The Morgan fingerprint density at radius 1 is 1.11 bits per heavy atom. The highest BCUT2D eigenvalue weighted by Gasteiger charge is 2.20. The Labute approximate surface area is 159 Å². The highest BCUT2D eigenvalue weighted by molar-refractivity contribution is 5.95. The second-order valence-corrected chi connectivity index (χ2v) is 6.98. The summed E-state index contributed by atoms with van der Waals surface area (Å²) in [6.07, 6.45) is 1.49. The van der Waals surface area contributed by atoms with E-state index in [9.17, 15) is 9.18 Å². The van der Waals surface area contributed by atoms with Crippen LogP contribution >= 0.6 is 0 Å². The molecule has 3 rings (SSSR count). The van der Waals surface area contributed by atoms with Crippen molar-refractivity contribution in [3.8, 4) is 5.69 Å². The molecule has 0 aliphatic carbocycles. The van der Waals surface area contributed by atoms with Crippen molar-refractivity contribution in [2.45, 2.75) is 26.7 Å². The Morgan fingerprint density at radius 3 is 2.44 bits per heavy atom. The van der Waals surface area contributed by atoms with Gasteiger partial charge >= 0.3 is 0 Å². The summed E-state index contributed by atoms with van der Waals surface area (Å²) in [6.45, 7) is 6.59. The third-order valence-corrected chi connectivity index (χ3v) is 4.85. The van der Waals surface area contributed by atoms with Crippen LogP contribution in [0.15, 0.2) is 60.8 Å². The molecule has 0 fully saturated rings. The maximum absolute atomic E-state index is 14.0. The van der Waals surface area contributed by atoms with Gasteiger partial charge in [0, 0.05) is 12.5 Å². The second-order valence-electron chi connectivity index (χ2n) is 6.98. The molecule has 1 amide bonds. The van der Waals surface area contributed by atoms with Crippen LogP contribution in [-0.2, 0) is 0 Å². The third-order valence-electron chi connectivity index (χ3n) is 4.85. The molecule has 0 saturated carbocycles. The molecule has 140 valence electrons. The number of carbonyl (C=O) groups excluding carboxylic acids is 1. The third kappa shape index (κ3) is 4.08. The van der Waals surface area contributed by atoms with E-state index in [-0.39, 0.29) is 17.6 Å². The monoisotopic (exact) mass is 365 g/mol. The number of hydrogen-bond donors (Lipinski definition) is 1. The van der Waals surface area contributed by atoms with E-state index in [1.807, 2.05) is 18.2 Å². The minimum absolute atomic E-state index is 0.198. The maximum atomic E-state index is 14.0. The van der Waals surface area contributed by atoms with Crippen LogP contribution in [-0.4, -0.2) is 22.2 Å². The first kappa shape index (κ1) is 18.8. The van der Waals surface area contributed by atoms with Gasteiger partial charge in [0.1, 0.15) is 11.5 Å². The van der Waals surface area contributed by atoms with Gasteiger partial charge < -0.3 is 5.32 Å². The van der Waals surface area contributed by atoms with Crippen LogP contribution in [0, 0.1) is 18.7 Å². The lowest BCUT2D eigenvalue weighted by Gasteiger charge is -2.21. The molecule has 2 aromatic carbocycles. The zero-order valence-electron chi connectivity index (χ0n) is 15.8. The predicted octanol–water partition coefficient (Wildman–Crippen LogP) is 4.49. The SMILES string of the molecule is Cc1c(C(=O)NCC(c2ccccc2)C(C)C)cnn1-c1ccccc1F. The molecule has 0 radical (unpaired) electrons. The maximum Gasteiger partial charge on any atom is 0.254 e. The fourth-order valence-corrected chi connectivity index (χ4v) is 3.24. The van der Waals surface area contributed by atoms with Crippen molar-refractivity contribution in [1.29, 1.82) is 0 Å². The van der Waals surface area contributed by atoms with E-state index < -0.39 is 0 Å². The van der Waals surface area contributed by atoms with Gasteiger partial charge in [-0.25, -0.2) is 9.07 Å². The quantitative estimate of drug-likeness (QED) is 0.700. The number of halogens is 1. The molecule has 1 N–H and O–H groups in total. The van der Waals surface area contributed by atoms with Crippen molar-refractivity contribution >= 4 is 5.91 Å². The summed E-state index contributed by atoms with van der Waals surface area (Å²) in [5, 5.41) is 7.22. The first-order chi connectivity index (χ1) is 13.0. The molecule has 5 heteroatoms. The molecular formula is C22H24FN3O. The molecule has 0 aliphatic rings. The Bertz CT molecular complexity index is 918. The summed E-state index contributed by atoms with van der Waals surface area (Å²) >= 11 is 0. The van der Waals surface area contributed by atoms with E-state index in [1.54, 1.807) is 25.1 Å². The molecule has 4 nitrogen and oxygen atoms in total. The summed E-state index contributed by atoms with van der Waals surface area (Å²) in [4.78, 5) is 12.7. The van der Waals surface area contributed by atoms with Gasteiger partial charge in [0.2, 0.25) is 0 Å². The summed E-state index contributed by atoms with van der Waals surface area (Å²) in [5.41, 5.74) is 2.59. The first-order valence-electron chi connectivity index (χ1n) is 9.11. The molecule has 0 spiro atoms. The largest absolute Gasteiger partial charge is 0.351 e. The number of hydrogen-bond acceptors (Lipinski definition) is 2. The van der Waals surface area contributed by atoms with Gasteiger partial charge in [0.15, 0.2) is 0 Å². The van der Waals surface area contributed by atoms with Crippen LogP contribution in [0.4, 0.5) is 4.39 Å². The fourth-order valence-electron chi connectivity index (χ4n) is 3.24. The van der Waals surface area contributed by atoms with Crippen LogP contribution in [0.3, 0.4) is 0 Å². The van der Waals surface area contributed by atoms with Gasteiger partial charge in [-0.05, 0) is 30.5 Å². The lowest BCUT2D eigenvalue weighted by atomic mass is 9.88. The molecule has 1 unspecified atom stereocenters. The van der Waals surface area contributed by atoms with Crippen molar-refractivity contribution in [2.24, 2.45) is 5.92 Å². The second kappa shape index (κ2) is 8.16. The van der Waals surface area contributed by atoms with Gasteiger partial charge in [-0.15, -0.1) is 0 Å². The van der Waals surface area contributed by atoms with E-state index in [4.69, 9.17) is 0 Å². The van der Waals surface area contributed by atoms with E-state index in [1.165, 1.54) is 22.5 Å². The zero-order chi connectivity index (χ0) is 19.4. The lowest BCUT2D eigenvalue weighted by molar-refractivity contribution is 0.0948. The van der Waals surface area contributed by atoms with Gasteiger partial charge in [0.25, 0.3) is 5.91 Å². The average Bonchev–Trinajstić information content (AvgIpc) is 3.04. The van der Waals surface area contributed by atoms with Gasteiger partial charge in [0.05, 0.1) is 17.5 Å². The van der Waals surface area contributed by atoms with Gasteiger partial charge in [-0.3, -0.25) is 4.79 Å². The summed E-state index contributed by atoms with van der Waals surface area (Å²) < 4.78 is 15.5. The number of para-hydroxylation sites is 1. The standard InChI is InChI=1S/C22H24FN3O/c1-15(2)18(17-9-5-4-6-10-17)13-24-22(27)19-14-25-26(16(19)3)21-12-8-7-11-20(21)23/h4-12,14-15,18H,13H2,1-3H3,(H,24,27). The van der Waals surface area contributed by atoms with E-state index in [0.29, 0.717) is 29.4 Å². The Morgan fingerprint density at radius 2 is 1.78 bits per heavy atom. The summed E-state index contributed by atoms with van der Waals surface area (Å²) in [7, 11) is 0. The van der Waals surface area contributed by atoms with Crippen molar-refractivity contribution in [2.75, 3.05) is 6.54 Å². The average molecular weight is 365 g/mol. The number of nitrogens with one attached hydrogen (secondary N) is 1. The molecule has 3 aromatic rings. The van der Waals surface area contributed by atoms with E-state index in [2.05, 4.69) is 36.4 Å². The number of benzene rings is 2. The summed E-state index contributed by atoms with van der Waals surface area (Å²) in [5.74, 6) is 0.0308. The Balaban J connectivity index is 1.76. The van der Waals surface area contributed by atoms with E-state index in [0.717, 1.165) is 0 Å². The van der Waals surface area contributed by atoms with Crippen LogP contribution in [0.2, 0.25) is 0 Å². The molecule has 0 saturated heterocycles. The number of amides is 1. The zero-order valence-corrected chi connectivity index (χ0v) is 15.8. The predicted molar refractivity (Wildman–Crippen MR) is 105 cm³/mol. The summed E-state index contributed by atoms with van der Waals surface area (Å²) in [6, 6.07) is 16.6. The minimum atomic E-state index is -0.375.